The first-order valence-electron chi connectivity index (χ1n) is 10.9. The Bertz CT molecular complexity index is 811. The Kier molecular flexibility index (Phi) is 5.90. The molecule has 2 saturated heterocycles. The van der Waals surface area contributed by atoms with Crippen molar-refractivity contribution in [2.24, 2.45) is 5.92 Å². The summed E-state index contributed by atoms with van der Waals surface area (Å²) in [4.78, 5) is 17.3. The van der Waals surface area contributed by atoms with Gasteiger partial charge < -0.3 is 9.64 Å². The van der Waals surface area contributed by atoms with Crippen molar-refractivity contribution in [2.75, 3.05) is 19.6 Å². The second-order valence-electron chi connectivity index (χ2n) is 8.44. The third kappa shape index (κ3) is 4.17. The van der Waals surface area contributed by atoms with E-state index < -0.39 is 0 Å². The Hall–Kier alpha value is -2.34. The maximum atomic E-state index is 12.8. The van der Waals surface area contributed by atoms with Crippen LogP contribution in [0.25, 0.3) is 0 Å². The van der Waals surface area contributed by atoms with E-state index in [0.29, 0.717) is 23.7 Å². The topological polar surface area (TPSA) is 50.6 Å². The van der Waals surface area contributed by atoms with E-state index in [9.17, 15) is 4.79 Å². The minimum atomic E-state index is 0.0575. The van der Waals surface area contributed by atoms with Crippen molar-refractivity contribution in [3.8, 4) is 5.75 Å². The van der Waals surface area contributed by atoms with Crippen LogP contribution < -0.4 is 4.74 Å². The Morgan fingerprint density at radius 2 is 1.90 bits per heavy atom. The molecule has 1 aromatic carbocycles. The van der Waals surface area contributed by atoms with E-state index >= 15 is 0 Å². The molecule has 0 saturated carbocycles. The standard InChI is InChI=1S/C23H32N4O2/c1-4-26-15-12-20(24-26)23(28)25-13-10-18(11-14-25)22-21(16-27(22)17(2)3)29-19-8-6-5-7-9-19/h5-9,12,15,17-18,21-22H,4,10-11,13-14,16H2,1-3H3. The number of amides is 1. The number of para-hydroxylation sites is 1. The number of ether oxygens (including phenoxy) is 1. The molecule has 1 aromatic heterocycles. The Labute approximate surface area is 173 Å². The summed E-state index contributed by atoms with van der Waals surface area (Å²) in [6, 6.07) is 12.9. The number of hydrogen-bond donors (Lipinski definition) is 0. The van der Waals surface area contributed by atoms with Crippen molar-refractivity contribution in [3.63, 3.8) is 0 Å². The minimum absolute atomic E-state index is 0.0575. The van der Waals surface area contributed by atoms with Crippen molar-refractivity contribution in [1.82, 2.24) is 19.6 Å². The van der Waals surface area contributed by atoms with Gasteiger partial charge in [0.25, 0.3) is 5.91 Å². The zero-order chi connectivity index (χ0) is 20.4. The summed E-state index contributed by atoms with van der Waals surface area (Å²) in [5.41, 5.74) is 0.558. The normalized spacial score (nSPS) is 23.2. The fourth-order valence-corrected chi connectivity index (χ4v) is 4.68. The van der Waals surface area contributed by atoms with Gasteiger partial charge in [-0.2, -0.15) is 5.10 Å². The highest BCUT2D eigenvalue weighted by Gasteiger charge is 2.47. The quantitative estimate of drug-likeness (QED) is 0.752. The van der Waals surface area contributed by atoms with Gasteiger partial charge in [0.05, 0.1) is 6.04 Å². The van der Waals surface area contributed by atoms with Crippen molar-refractivity contribution in [1.29, 1.82) is 0 Å². The molecule has 6 nitrogen and oxygen atoms in total. The summed E-state index contributed by atoms with van der Waals surface area (Å²) in [7, 11) is 0. The maximum absolute atomic E-state index is 12.8. The summed E-state index contributed by atoms with van der Waals surface area (Å²) >= 11 is 0. The van der Waals surface area contributed by atoms with Crippen LogP contribution in [0.5, 0.6) is 5.75 Å². The largest absolute Gasteiger partial charge is 0.487 e. The van der Waals surface area contributed by atoms with Crippen molar-refractivity contribution >= 4 is 5.91 Å². The predicted octanol–water partition coefficient (Wildman–Crippen LogP) is 3.30. The van der Waals surface area contributed by atoms with Gasteiger partial charge in [-0.25, -0.2) is 0 Å². The average molecular weight is 397 g/mol. The van der Waals surface area contributed by atoms with Gasteiger partial charge in [-0.15, -0.1) is 0 Å². The smallest absolute Gasteiger partial charge is 0.274 e. The maximum Gasteiger partial charge on any atom is 0.274 e. The molecule has 3 heterocycles. The number of nitrogens with zero attached hydrogens (tertiary/aromatic N) is 4. The molecule has 0 spiro atoms. The van der Waals surface area contributed by atoms with E-state index in [1.807, 2.05) is 54.4 Å². The number of carbonyl (C=O) groups excluding carboxylic acids is 1. The van der Waals surface area contributed by atoms with E-state index in [-0.39, 0.29) is 12.0 Å². The van der Waals surface area contributed by atoms with Crippen LogP contribution in [-0.4, -0.2) is 63.3 Å². The molecule has 2 unspecified atom stereocenters. The highest BCUT2D eigenvalue weighted by Crippen LogP contribution is 2.36. The fraction of sp³-hybridized carbons (Fsp3) is 0.565. The lowest BCUT2D eigenvalue weighted by molar-refractivity contribution is -0.0983. The highest BCUT2D eigenvalue weighted by molar-refractivity contribution is 5.92. The van der Waals surface area contributed by atoms with Gasteiger partial charge in [0.1, 0.15) is 17.5 Å². The first kappa shape index (κ1) is 20.0. The summed E-state index contributed by atoms with van der Waals surface area (Å²) in [5.74, 6) is 1.56. The molecule has 2 aromatic rings. The lowest BCUT2D eigenvalue weighted by Gasteiger charge is -2.54. The lowest BCUT2D eigenvalue weighted by Crippen LogP contribution is -2.68. The molecule has 2 fully saturated rings. The number of rotatable bonds is 6. The third-order valence-corrected chi connectivity index (χ3v) is 6.34. The summed E-state index contributed by atoms with van der Waals surface area (Å²) in [6.07, 6.45) is 4.14. The molecule has 2 atom stereocenters. The summed E-state index contributed by atoms with van der Waals surface area (Å²) in [5, 5.41) is 4.38. The van der Waals surface area contributed by atoms with Gasteiger partial charge in [-0.1, -0.05) is 18.2 Å². The molecule has 0 N–H and O–H groups in total. The second kappa shape index (κ2) is 8.57. The molecule has 4 rings (SSSR count). The highest BCUT2D eigenvalue weighted by atomic mass is 16.5. The van der Waals surface area contributed by atoms with E-state index in [0.717, 1.165) is 44.8 Å². The van der Waals surface area contributed by atoms with Crippen molar-refractivity contribution < 1.29 is 9.53 Å². The third-order valence-electron chi connectivity index (χ3n) is 6.34. The van der Waals surface area contributed by atoms with Crippen molar-refractivity contribution in [2.45, 2.75) is 58.3 Å². The average Bonchev–Trinajstić information content (AvgIpc) is 3.20. The molecule has 2 aliphatic rings. The van der Waals surface area contributed by atoms with Crippen LogP contribution in [-0.2, 0) is 6.54 Å². The second-order valence-corrected chi connectivity index (χ2v) is 8.44. The number of aryl methyl sites for hydroxylation is 1. The van der Waals surface area contributed by atoms with Crippen LogP contribution in [0, 0.1) is 5.92 Å². The molecular weight excluding hydrogens is 364 g/mol. The molecule has 6 heteroatoms. The molecule has 29 heavy (non-hydrogen) atoms. The Morgan fingerprint density at radius 3 is 2.52 bits per heavy atom. The SMILES string of the molecule is CCn1ccc(C(=O)N2CCC(C3C(Oc4ccccc4)CN3C(C)C)CC2)n1. The molecule has 0 bridgehead atoms. The first-order chi connectivity index (χ1) is 14.1. The van der Waals surface area contributed by atoms with E-state index in [4.69, 9.17) is 4.74 Å². The van der Waals surface area contributed by atoms with Crippen LogP contribution in [0.3, 0.4) is 0 Å². The van der Waals surface area contributed by atoms with Gasteiger partial charge in [-0.05, 0) is 57.7 Å². The number of piperidine rings is 1. The van der Waals surface area contributed by atoms with Crippen LogP contribution in [0.2, 0.25) is 0 Å². The monoisotopic (exact) mass is 396 g/mol. The van der Waals surface area contributed by atoms with Gasteiger partial charge >= 0.3 is 0 Å². The number of carbonyl (C=O) groups is 1. The zero-order valence-corrected chi connectivity index (χ0v) is 17.7. The van der Waals surface area contributed by atoms with Gasteiger partial charge in [0.15, 0.2) is 0 Å². The molecule has 156 valence electrons. The summed E-state index contributed by atoms with van der Waals surface area (Å²) in [6.45, 7) is 9.89. The Morgan fingerprint density at radius 1 is 1.17 bits per heavy atom. The number of aromatic nitrogens is 2. The van der Waals surface area contributed by atoms with Crippen LogP contribution in [0.4, 0.5) is 0 Å². The van der Waals surface area contributed by atoms with Crippen LogP contribution in [0.15, 0.2) is 42.6 Å². The van der Waals surface area contributed by atoms with Gasteiger partial charge in [0, 0.05) is 38.4 Å². The van der Waals surface area contributed by atoms with Crippen molar-refractivity contribution in [3.05, 3.63) is 48.3 Å². The summed E-state index contributed by atoms with van der Waals surface area (Å²) < 4.78 is 8.13. The molecule has 0 aliphatic carbocycles. The molecule has 2 aliphatic heterocycles. The molecule has 0 radical (unpaired) electrons. The van der Waals surface area contributed by atoms with Crippen LogP contribution >= 0.6 is 0 Å². The van der Waals surface area contributed by atoms with E-state index in [1.54, 1.807) is 4.68 Å². The van der Waals surface area contributed by atoms with Gasteiger partial charge in [-0.3, -0.25) is 14.4 Å². The first-order valence-corrected chi connectivity index (χ1v) is 10.9. The van der Waals surface area contributed by atoms with Crippen LogP contribution in [0.1, 0.15) is 44.1 Å². The number of benzene rings is 1. The van der Waals surface area contributed by atoms with E-state index in [2.05, 4.69) is 23.8 Å². The van der Waals surface area contributed by atoms with E-state index in [1.165, 1.54) is 0 Å². The molecular formula is C23H32N4O2. The zero-order valence-electron chi connectivity index (χ0n) is 17.7. The fourth-order valence-electron chi connectivity index (χ4n) is 4.68. The lowest BCUT2D eigenvalue weighted by atomic mass is 9.79. The predicted molar refractivity (Wildman–Crippen MR) is 113 cm³/mol. The number of hydrogen-bond acceptors (Lipinski definition) is 4. The minimum Gasteiger partial charge on any atom is -0.487 e. The number of likely N-dealkylation sites (tertiary alicyclic amines) is 2. The Balaban J connectivity index is 1.38. The van der Waals surface area contributed by atoms with Gasteiger partial charge in [0.2, 0.25) is 0 Å². The molecule has 1 amide bonds.